The summed E-state index contributed by atoms with van der Waals surface area (Å²) in [6.07, 6.45) is 0.152. The van der Waals surface area contributed by atoms with Crippen molar-refractivity contribution < 1.29 is 28.3 Å². The second-order valence-corrected chi connectivity index (χ2v) is 16.0. The topological polar surface area (TPSA) is 90.4 Å². The van der Waals surface area contributed by atoms with Gasteiger partial charge in [-0.05, 0) is 48.8 Å². The number of aliphatic hydroxyl groups excluding tert-OH is 1. The molecule has 5 atom stereocenters. The van der Waals surface area contributed by atoms with Crippen LogP contribution >= 0.6 is 0 Å². The highest BCUT2D eigenvalue weighted by Crippen LogP contribution is 2.60. The quantitative estimate of drug-likeness (QED) is 0.341. The van der Waals surface area contributed by atoms with Gasteiger partial charge in [0.05, 0.1) is 30.9 Å². The summed E-state index contributed by atoms with van der Waals surface area (Å²) in [5.41, 5.74) is 2.08. The smallest absolute Gasteiger partial charge is 0.264 e. The number of hydrogen-bond donors (Lipinski definition) is 1. The molecule has 1 N–H and O–H groups in total. The molecule has 0 radical (unpaired) electrons. The molecule has 8 nitrogen and oxygen atoms in total. The molecule has 6 rings (SSSR count). The molecule has 40 heavy (non-hydrogen) atoms. The molecule has 0 aromatic heterocycles. The van der Waals surface area contributed by atoms with Crippen LogP contribution in [0.15, 0.2) is 42.5 Å². The van der Waals surface area contributed by atoms with Crippen LogP contribution in [0.25, 0.3) is 0 Å². The van der Waals surface area contributed by atoms with Crippen LogP contribution < -0.4 is 9.80 Å². The van der Waals surface area contributed by atoms with Crippen molar-refractivity contribution in [2.24, 2.45) is 5.92 Å². The molecule has 0 bridgehead atoms. The maximum absolute atomic E-state index is 16.1. The number of β-lactam (4-membered cyclic amide) rings is 1. The Morgan fingerprint density at radius 2 is 1.90 bits per heavy atom. The molecule has 2 aromatic rings. The number of halogens is 1. The first-order valence-electron chi connectivity index (χ1n) is 14.0. The minimum atomic E-state index is -3.44. The molecule has 4 heterocycles. The summed E-state index contributed by atoms with van der Waals surface area (Å²) in [5.74, 6) is -0.996. The first-order valence-corrected chi connectivity index (χ1v) is 17.0. The predicted octanol–water partition coefficient (Wildman–Crippen LogP) is 3.51. The Morgan fingerprint density at radius 1 is 1.18 bits per heavy atom. The van der Waals surface area contributed by atoms with E-state index >= 15 is 4.11 Å². The summed E-state index contributed by atoms with van der Waals surface area (Å²) in [6.45, 7) is 5.89. The molecule has 2 saturated heterocycles. The Kier molecular flexibility index (Phi) is 6.43. The molecule has 4 aliphatic heterocycles. The Hall–Kier alpha value is -3.08. The highest BCUT2D eigenvalue weighted by molar-refractivity contribution is 6.72. The average molecular weight is 566 g/mol. The first-order chi connectivity index (χ1) is 19.0. The summed E-state index contributed by atoms with van der Waals surface area (Å²) in [7, 11) is -1.76. The van der Waals surface area contributed by atoms with E-state index in [9.17, 15) is 19.5 Å². The molecule has 4 aliphatic rings. The average Bonchev–Trinajstić information content (AvgIpc) is 3.33. The van der Waals surface area contributed by atoms with Crippen molar-refractivity contribution in [3.05, 3.63) is 59.2 Å². The maximum atomic E-state index is 16.1. The van der Waals surface area contributed by atoms with Crippen LogP contribution in [0.3, 0.4) is 0 Å². The number of amides is 3. The largest absolute Gasteiger partial charge is 0.394 e. The van der Waals surface area contributed by atoms with Crippen molar-refractivity contribution in [3.8, 4) is 0 Å². The molecule has 10 heteroatoms. The van der Waals surface area contributed by atoms with E-state index in [1.165, 1.54) is 0 Å². The third-order valence-corrected chi connectivity index (χ3v) is 12.0. The van der Waals surface area contributed by atoms with E-state index in [0.29, 0.717) is 42.9 Å². The van der Waals surface area contributed by atoms with Crippen LogP contribution in [-0.2, 0) is 37.7 Å². The number of likely N-dealkylation sites (N-methyl/N-ethyl adjacent to an activating group) is 1. The molecule has 0 unspecified atom stereocenters. The third kappa shape index (κ3) is 3.94. The SMILES string of the molecule is C[C@@H]1[C@@H]([Si](C)(C)F)[C@H](CC(=O)N2Cc3ccccc3C[C@H]2CO)O[C@@]12C(=O)N(C)c1ccc(N3CCC3=O)cc12. The van der Waals surface area contributed by atoms with E-state index in [2.05, 4.69) is 0 Å². The van der Waals surface area contributed by atoms with Crippen LogP contribution in [0.2, 0.25) is 18.6 Å². The summed E-state index contributed by atoms with van der Waals surface area (Å²) in [6, 6.07) is 13.0. The number of aliphatic hydroxyl groups is 1. The Balaban J connectivity index is 1.35. The predicted molar refractivity (Wildman–Crippen MR) is 151 cm³/mol. The lowest BCUT2D eigenvalue weighted by molar-refractivity contribution is -0.150. The number of nitrogens with zero attached hydrogens (tertiary/aromatic N) is 3. The molecule has 2 fully saturated rings. The van der Waals surface area contributed by atoms with Crippen molar-refractivity contribution in [3.63, 3.8) is 0 Å². The zero-order valence-corrected chi connectivity index (χ0v) is 24.4. The van der Waals surface area contributed by atoms with E-state index < -0.39 is 31.6 Å². The maximum Gasteiger partial charge on any atom is 0.264 e. The molecular formula is C30H36FN3O5Si. The zero-order valence-electron chi connectivity index (χ0n) is 23.4. The number of ether oxygens (including phenoxy) is 1. The Bertz CT molecular complexity index is 1400. The molecule has 1 spiro atoms. The first kappa shape index (κ1) is 27.1. The van der Waals surface area contributed by atoms with Crippen molar-refractivity contribution in [2.45, 2.75) is 69.1 Å². The monoisotopic (exact) mass is 565 g/mol. The second kappa shape index (κ2) is 9.49. The van der Waals surface area contributed by atoms with Gasteiger partial charge in [0.15, 0.2) is 5.60 Å². The summed E-state index contributed by atoms with van der Waals surface area (Å²) in [4.78, 5) is 44.9. The van der Waals surface area contributed by atoms with Gasteiger partial charge >= 0.3 is 0 Å². The van der Waals surface area contributed by atoms with Gasteiger partial charge in [-0.3, -0.25) is 14.4 Å². The lowest BCUT2D eigenvalue weighted by atomic mass is 9.82. The van der Waals surface area contributed by atoms with Gasteiger partial charge < -0.3 is 28.7 Å². The molecular weight excluding hydrogens is 529 g/mol. The molecule has 3 amide bonds. The van der Waals surface area contributed by atoms with E-state index in [4.69, 9.17) is 4.74 Å². The molecule has 212 valence electrons. The fourth-order valence-electron chi connectivity index (χ4n) is 7.43. The highest BCUT2D eigenvalue weighted by Gasteiger charge is 2.66. The van der Waals surface area contributed by atoms with Gasteiger partial charge in [-0.2, -0.15) is 0 Å². The third-order valence-electron chi connectivity index (χ3n) is 9.50. The summed E-state index contributed by atoms with van der Waals surface area (Å²) < 4.78 is 22.8. The van der Waals surface area contributed by atoms with E-state index in [1.54, 1.807) is 34.8 Å². The lowest BCUT2D eigenvalue weighted by Gasteiger charge is -2.37. The van der Waals surface area contributed by atoms with Crippen LogP contribution in [0.4, 0.5) is 15.5 Å². The zero-order chi connectivity index (χ0) is 28.6. The van der Waals surface area contributed by atoms with Gasteiger partial charge in [0.25, 0.3) is 5.91 Å². The van der Waals surface area contributed by atoms with Crippen LogP contribution in [0, 0.1) is 5.92 Å². The number of fused-ring (bicyclic) bond motifs is 3. The van der Waals surface area contributed by atoms with Crippen molar-refractivity contribution >= 4 is 37.5 Å². The minimum absolute atomic E-state index is 0.0206. The summed E-state index contributed by atoms with van der Waals surface area (Å²) in [5, 5.41) is 10.1. The van der Waals surface area contributed by atoms with Crippen molar-refractivity contribution in [1.82, 2.24) is 4.90 Å². The normalized spacial score (nSPS) is 29.6. The van der Waals surface area contributed by atoms with E-state index in [1.807, 2.05) is 49.4 Å². The van der Waals surface area contributed by atoms with Gasteiger partial charge in [0.2, 0.25) is 20.2 Å². The number of carbonyl (C=O) groups excluding carboxylic acids is 3. The standard InChI is InChI=1S/C30H36FN3O5Si/c1-18-28(40(3,4)31)25(15-27(37)34-16-20-8-6-5-7-19(20)13-22(34)17-35)39-30(18)23-14-21(33-12-11-26(33)36)9-10-24(23)32(2)29(30)38/h5-10,14,18,22,25,28,35H,11-13,15-17H2,1-4H3/t18-,22+,25+,28-,30+/m1/s1. The Morgan fingerprint density at radius 3 is 2.52 bits per heavy atom. The number of carbonyl (C=O) groups is 3. The van der Waals surface area contributed by atoms with E-state index in [0.717, 1.165) is 11.1 Å². The van der Waals surface area contributed by atoms with Crippen molar-refractivity contribution in [2.75, 3.05) is 30.0 Å². The van der Waals surface area contributed by atoms with Gasteiger partial charge in [-0.15, -0.1) is 0 Å². The van der Waals surface area contributed by atoms with Crippen molar-refractivity contribution in [1.29, 1.82) is 0 Å². The number of rotatable bonds is 5. The minimum Gasteiger partial charge on any atom is -0.394 e. The highest BCUT2D eigenvalue weighted by atomic mass is 28.4. The number of benzene rings is 2. The summed E-state index contributed by atoms with van der Waals surface area (Å²) >= 11 is 0. The molecule has 0 aliphatic carbocycles. The Labute approximate surface area is 234 Å². The lowest BCUT2D eigenvalue weighted by Crippen LogP contribution is -2.48. The van der Waals surface area contributed by atoms with E-state index in [-0.39, 0.29) is 36.8 Å². The number of hydrogen-bond acceptors (Lipinski definition) is 5. The molecule has 0 saturated carbocycles. The van der Waals surface area contributed by atoms with Crippen LogP contribution in [0.5, 0.6) is 0 Å². The van der Waals surface area contributed by atoms with Gasteiger partial charge in [-0.25, -0.2) is 0 Å². The fourth-order valence-corrected chi connectivity index (χ4v) is 9.92. The number of anilines is 2. The molecule has 2 aromatic carbocycles. The van der Waals surface area contributed by atoms with Gasteiger partial charge in [0, 0.05) is 49.3 Å². The second-order valence-electron chi connectivity index (χ2n) is 12.2. The van der Waals surface area contributed by atoms with Gasteiger partial charge in [0.1, 0.15) is 0 Å². The van der Waals surface area contributed by atoms with Gasteiger partial charge in [-0.1, -0.05) is 31.2 Å². The fraction of sp³-hybridized carbons (Fsp3) is 0.500. The van der Waals surface area contributed by atoms with Crippen LogP contribution in [0.1, 0.15) is 36.5 Å². The van der Waals surface area contributed by atoms with Crippen LogP contribution in [-0.4, -0.2) is 68.5 Å².